The monoisotopic (exact) mass is 377 g/mol. The molecule has 0 aliphatic carbocycles. The number of hydrogen-bond acceptors (Lipinski definition) is 4. The van der Waals surface area contributed by atoms with E-state index in [0.29, 0.717) is 0 Å². The van der Waals surface area contributed by atoms with Crippen LogP contribution in [0.25, 0.3) is 0 Å². The molecule has 0 bridgehead atoms. The van der Waals surface area contributed by atoms with Crippen molar-refractivity contribution < 1.29 is 9.90 Å². The first-order chi connectivity index (χ1) is 13.5. The van der Waals surface area contributed by atoms with Crippen LogP contribution < -0.4 is 10.9 Å². The van der Waals surface area contributed by atoms with Gasteiger partial charge in [-0.1, -0.05) is 60.2 Å². The van der Waals surface area contributed by atoms with E-state index in [-0.39, 0.29) is 29.8 Å². The van der Waals surface area contributed by atoms with Crippen molar-refractivity contribution in [1.29, 1.82) is 0 Å². The van der Waals surface area contributed by atoms with Crippen LogP contribution in [-0.2, 0) is 4.79 Å². The normalized spacial score (nSPS) is 12.9. The van der Waals surface area contributed by atoms with Crippen molar-refractivity contribution in [3.63, 3.8) is 0 Å². The molecule has 2 atom stereocenters. The number of H-pyrrole nitrogens is 1. The number of amides is 1. The van der Waals surface area contributed by atoms with E-state index in [1.807, 2.05) is 68.4 Å². The summed E-state index contributed by atoms with van der Waals surface area (Å²) in [6.07, 6.45) is 1.16. The fraction of sp³-hybridized carbons (Fsp3) is 0.227. The zero-order valence-corrected chi connectivity index (χ0v) is 15.8. The lowest BCUT2D eigenvalue weighted by Gasteiger charge is -2.20. The molecule has 0 radical (unpaired) electrons. The smallest absolute Gasteiger partial charge is 0.258 e. The Morgan fingerprint density at radius 2 is 1.79 bits per heavy atom. The quantitative estimate of drug-likeness (QED) is 0.615. The van der Waals surface area contributed by atoms with Gasteiger partial charge in [-0.15, -0.1) is 0 Å². The predicted octanol–water partition coefficient (Wildman–Crippen LogP) is 3.18. The summed E-state index contributed by atoms with van der Waals surface area (Å²) < 4.78 is 0. The van der Waals surface area contributed by atoms with Crippen LogP contribution in [0.4, 0.5) is 0 Å². The van der Waals surface area contributed by atoms with Gasteiger partial charge < -0.3 is 15.4 Å². The molecule has 0 saturated carbocycles. The van der Waals surface area contributed by atoms with Gasteiger partial charge >= 0.3 is 0 Å². The lowest BCUT2D eigenvalue weighted by Crippen LogP contribution is -2.29. The highest BCUT2D eigenvalue weighted by Gasteiger charge is 2.25. The summed E-state index contributed by atoms with van der Waals surface area (Å²) in [5.41, 5.74) is 2.46. The van der Waals surface area contributed by atoms with E-state index >= 15 is 0 Å². The Labute approximate surface area is 163 Å². The number of aryl methyl sites for hydroxylation is 1. The molecule has 0 saturated heterocycles. The van der Waals surface area contributed by atoms with Gasteiger partial charge in [0.2, 0.25) is 11.8 Å². The molecule has 6 heteroatoms. The van der Waals surface area contributed by atoms with Crippen molar-refractivity contribution in [3.05, 3.63) is 93.5 Å². The van der Waals surface area contributed by atoms with Crippen LogP contribution in [0.5, 0.6) is 5.88 Å². The lowest BCUT2D eigenvalue weighted by atomic mass is 9.88. The Morgan fingerprint density at radius 3 is 2.43 bits per heavy atom. The van der Waals surface area contributed by atoms with Crippen molar-refractivity contribution in [2.45, 2.75) is 32.2 Å². The molecular formula is C22H23N3O3. The third-order valence-corrected chi connectivity index (χ3v) is 4.76. The molecule has 1 amide bonds. The summed E-state index contributed by atoms with van der Waals surface area (Å²) in [5.74, 6) is -1.19. The van der Waals surface area contributed by atoms with Gasteiger partial charge in [0, 0.05) is 12.3 Å². The van der Waals surface area contributed by atoms with Crippen molar-refractivity contribution >= 4 is 5.91 Å². The minimum atomic E-state index is -0.610. The lowest BCUT2D eigenvalue weighted by molar-refractivity contribution is -0.121. The number of carbonyl (C=O) groups excluding carboxylic acids is 1. The summed E-state index contributed by atoms with van der Waals surface area (Å²) in [5, 5.41) is 13.2. The highest BCUT2D eigenvalue weighted by Crippen LogP contribution is 2.30. The molecule has 2 aromatic carbocycles. The molecule has 3 N–H and O–H groups in total. The number of aromatic hydroxyl groups is 1. The Hall–Kier alpha value is -3.41. The van der Waals surface area contributed by atoms with Gasteiger partial charge in [0.1, 0.15) is 0 Å². The summed E-state index contributed by atoms with van der Waals surface area (Å²) >= 11 is 0. The molecule has 0 aliphatic rings. The van der Waals surface area contributed by atoms with Gasteiger partial charge in [-0.05, 0) is 25.0 Å². The average molecular weight is 377 g/mol. The number of nitrogens with one attached hydrogen (secondary N) is 2. The molecule has 1 unspecified atom stereocenters. The zero-order valence-electron chi connectivity index (χ0n) is 15.8. The van der Waals surface area contributed by atoms with E-state index in [1.165, 1.54) is 0 Å². The number of aromatic amines is 1. The third kappa shape index (κ3) is 4.46. The van der Waals surface area contributed by atoms with Crippen LogP contribution in [0.2, 0.25) is 0 Å². The largest absolute Gasteiger partial charge is 0.493 e. The molecule has 3 rings (SSSR count). The highest BCUT2D eigenvalue weighted by molar-refractivity contribution is 5.78. The van der Waals surface area contributed by atoms with Crippen LogP contribution in [0, 0.1) is 6.92 Å². The zero-order chi connectivity index (χ0) is 20.1. The average Bonchev–Trinajstić information content (AvgIpc) is 2.68. The van der Waals surface area contributed by atoms with Gasteiger partial charge in [0.05, 0.1) is 17.9 Å². The maximum atomic E-state index is 12.7. The van der Waals surface area contributed by atoms with Crippen LogP contribution in [0.3, 0.4) is 0 Å². The Bertz CT molecular complexity index is 998. The fourth-order valence-electron chi connectivity index (χ4n) is 3.21. The summed E-state index contributed by atoms with van der Waals surface area (Å²) in [4.78, 5) is 31.4. The second kappa shape index (κ2) is 8.52. The number of hydrogen-bond donors (Lipinski definition) is 3. The van der Waals surface area contributed by atoms with Crippen molar-refractivity contribution in [2.24, 2.45) is 0 Å². The number of nitrogens with zero attached hydrogens (tertiary/aromatic N) is 1. The number of aromatic nitrogens is 2. The Kier molecular flexibility index (Phi) is 5.89. The third-order valence-electron chi connectivity index (χ3n) is 4.76. The van der Waals surface area contributed by atoms with E-state index < -0.39 is 11.5 Å². The molecule has 6 nitrogen and oxygen atoms in total. The molecular weight excluding hydrogens is 354 g/mol. The predicted molar refractivity (Wildman–Crippen MR) is 107 cm³/mol. The molecule has 0 aliphatic heterocycles. The first kappa shape index (κ1) is 19.4. The van der Waals surface area contributed by atoms with Crippen molar-refractivity contribution in [1.82, 2.24) is 15.3 Å². The topological polar surface area (TPSA) is 95.1 Å². The van der Waals surface area contributed by atoms with E-state index in [2.05, 4.69) is 15.3 Å². The van der Waals surface area contributed by atoms with Gasteiger partial charge in [-0.25, -0.2) is 4.98 Å². The number of carbonyl (C=O) groups is 1. The summed E-state index contributed by atoms with van der Waals surface area (Å²) in [6.45, 7) is 3.86. The molecule has 1 aromatic heterocycles. The van der Waals surface area contributed by atoms with E-state index in [1.54, 1.807) is 0 Å². The highest BCUT2D eigenvalue weighted by atomic mass is 16.3. The van der Waals surface area contributed by atoms with Crippen LogP contribution >= 0.6 is 0 Å². The minimum absolute atomic E-state index is 0.0164. The Balaban J connectivity index is 1.88. The second-order valence-electron chi connectivity index (χ2n) is 6.84. The first-order valence-corrected chi connectivity index (χ1v) is 9.13. The van der Waals surface area contributed by atoms with Gasteiger partial charge in [-0.2, -0.15) is 0 Å². The van der Waals surface area contributed by atoms with E-state index in [9.17, 15) is 14.7 Å². The fourth-order valence-corrected chi connectivity index (χ4v) is 3.21. The molecule has 28 heavy (non-hydrogen) atoms. The number of benzene rings is 2. The van der Waals surface area contributed by atoms with Crippen molar-refractivity contribution in [2.75, 3.05) is 0 Å². The SMILES string of the molecule is Cc1ccc(C(CC(=O)N[C@@H](C)c2ccccc2)c2c(O)nc[nH]c2=O)cc1. The standard InChI is InChI=1S/C22H23N3O3/c1-14-8-10-17(11-9-14)18(20-21(27)23-13-24-22(20)28)12-19(26)25-15(2)16-6-4-3-5-7-16/h3-11,13,15,18H,12H2,1-2H3,(H,25,26)(H2,23,24,27,28)/t15-,18?/m0/s1. The van der Waals surface area contributed by atoms with E-state index in [0.717, 1.165) is 23.0 Å². The van der Waals surface area contributed by atoms with Gasteiger partial charge in [-0.3, -0.25) is 9.59 Å². The van der Waals surface area contributed by atoms with Crippen molar-refractivity contribution in [3.8, 4) is 5.88 Å². The molecule has 144 valence electrons. The molecule has 0 fully saturated rings. The molecule has 3 aromatic rings. The summed E-state index contributed by atoms with van der Waals surface area (Å²) in [7, 11) is 0. The first-order valence-electron chi connectivity index (χ1n) is 9.13. The van der Waals surface area contributed by atoms with Gasteiger partial charge in [0.25, 0.3) is 5.56 Å². The maximum Gasteiger partial charge on any atom is 0.258 e. The number of rotatable bonds is 6. The van der Waals surface area contributed by atoms with E-state index in [4.69, 9.17) is 0 Å². The molecule has 0 spiro atoms. The Morgan fingerprint density at radius 1 is 1.11 bits per heavy atom. The van der Waals surface area contributed by atoms with Crippen LogP contribution in [-0.4, -0.2) is 21.0 Å². The van der Waals surface area contributed by atoms with Crippen LogP contribution in [0.15, 0.2) is 65.7 Å². The van der Waals surface area contributed by atoms with Crippen LogP contribution in [0.1, 0.15) is 47.6 Å². The van der Waals surface area contributed by atoms with Gasteiger partial charge in [0.15, 0.2) is 0 Å². The summed E-state index contributed by atoms with van der Waals surface area (Å²) in [6, 6.07) is 17.0. The second-order valence-corrected chi connectivity index (χ2v) is 6.84. The maximum absolute atomic E-state index is 12.7. The minimum Gasteiger partial charge on any atom is -0.493 e. The molecule has 1 heterocycles.